The third kappa shape index (κ3) is 5.78. The predicted molar refractivity (Wildman–Crippen MR) is 112 cm³/mol. The van der Waals surface area contributed by atoms with Crippen molar-refractivity contribution < 1.29 is 13.2 Å². The lowest BCUT2D eigenvalue weighted by molar-refractivity contribution is -0.123. The van der Waals surface area contributed by atoms with Crippen LogP contribution in [-0.4, -0.2) is 56.8 Å². The molecule has 28 heavy (non-hydrogen) atoms. The highest BCUT2D eigenvalue weighted by Crippen LogP contribution is 2.25. The predicted octanol–water partition coefficient (Wildman–Crippen LogP) is 2.70. The summed E-state index contributed by atoms with van der Waals surface area (Å²) in [5, 5.41) is 2.93. The van der Waals surface area contributed by atoms with Crippen LogP contribution in [0.4, 0.5) is 0 Å². The summed E-state index contributed by atoms with van der Waals surface area (Å²) in [6, 6.07) is 7.24. The van der Waals surface area contributed by atoms with Gasteiger partial charge in [0.2, 0.25) is 15.9 Å². The van der Waals surface area contributed by atoms with Gasteiger partial charge in [-0.25, -0.2) is 12.7 Å². The highest BCUT2D eigenvalue weighted by molar-refractivity contribution is 7.89. The van der Waals surface area contributed by atoms with Crippen LogP contribution in [0, 0.1) is 11.8 Å². The summed E-state index contributed by atoms with van der Waals surface area (Å²) in [6.07, 6.45) is 3.44. The molecule has 1 aromatic rings. The van der Waals surface area contributed by atoms with Crippen LogP contribution >= 0.6 is 0 Å². The van der Waals surface area contributed by atoms with E-state index in [-0.39, 0.29) is 17.3 Å². The van der Waals surface area contributed by atoms with Gasteiger partial charge < -0.3 is 5.32 Å². The molecule has 1 aliphatic rings. The Morgan fingerprint density at radius 3 is 2.54 bits per heavy atom. The SMILES string of the molecule is CC1CCC(C(C)C)N(CC(=O)NCc2ccccc2S(=O)(=O)N(C)C)CC1. The average Bonchev–Trinajstić information content (AvgIpc) is 2.82. The van der Waals surface area contributed by atoms with Gasteiger partial charge in [-0.15, -0.1) is 0 Å². The van der Waals surface area contributed by atoms with E-state index in [1.807, 2.05) is 0 Å². The lowest BCUT2D eigenvalue weighted by atomic mass is 9.95. The molecule has 1 fully saturated rings. The molecule has 0 aliphatic carbocycles. The molecule has 1 aromatic carbocycles. The first-order chi connectivity index (χ1) is 13.1. The number of sulfonamides is 1. The minimum absolute atomic E-state index is 0.0581. The summed E-state index contributed by atoms with van der Waals surface area (Å²) in [7, 11) is -0.520. The van der Waals surface area contributed by atoms with Crippen molar-refractivity contribution >= 4 is 15.9 Å². The number of likely N-dealkylation sites (tertiary alicyclic amines) is 1. The van der Waals surface area contributed by atoms with Gasteiger partial charge >= 0.3 is 0 Å². The van der Waals surface area contributed by atoms with Gasteiger partial charge in [-0.3, -0.25) is 9.69 Å². The first-order valence-corrected chi connectivity index (χ1v) is 11.6. The summed E-state index contributed by atoms with van der Waals surface area (Å²) < 4.78 is 26.2. The van der Waals surface area contributed by atoms with Gasteiger partial charge in [-0.05, 0) is 49.3 Å². The Morgan fingerprint density at radius 1 is 1.21 bits per heavy atom. The van der Waals surface area contributed by atoms with E-state index in [1.54, 1.807) is 24.3 Å². The number of benzene rings is 1. The number of nitrogens with one attached hydrogen (secondary N) is 1. The number of hydrogen-bond donors (Lipinski definition) is 1. The van der Waals surface area contributed by atoms with Crippen LogP contribution in [0.3, 0.4) is 0 Å². The summed E-state index contributed by atoms with van der Waals surface area (Å²) in [4.78, 5) is 15.2. The molecule has 0 radical (unpaired) electrons. The van der Waals surface area contributed by atoms with E-state index in [0.29, 0.717) is 30.0 Å². The van der Waals surface area contributed by atoms with Crippen molar-refractivity contribution in [3.63, 3.8) is 0 Å². The molecule has 0 bridgehead atoms. The number of hydrogen-bond acceptors (Lipinski definition) is 4. The maximum absolute atomic E-state index is 12.6. The molecule has 2 rings (SSSR count). The fourth-order valence-electron chi connectivity index (χ4n) is 3.82. The Kier molecular flexibility index (Phi) is 8.04. The molecule has 1 heterocycles. The standard InChI is InChI=1S/C21H35N3O3S/c1-16(2)19-11-10-17(3)12-13-24(19)15-21(25)22-14-18-8-6-7-9-20(18)28(26,27)23(4)5/h6-9,16-17,19H,10-15H2,1-5H3,(H,22,25). The molecule has 0 saturated carbocycles. The number of carbonyl (C=O) groups excluding carboxylic acids is 1. The molecule has 2 unspecified atom stereocenters. The van der Waals surface area contributed by atoms with Gasteiger partial charge in [-0.1, -0.05) is 39.0 Å². The third-order valence-corrected chi connectivity index (χ3v) is 7.57. The van der Waals surface area contributed by atoms with E-state index in [0.717, 1.165) is 19.4 Å². The fraction of sp³-hybridized carbons (Fsp3) is 0.667. The van der Waals surface area contributed by atoms with Crippen molar-refractivity contribution in [2.45, 2.75) is 57.5 Å². The molecule has 1 saturated heterocycles. The van der Waals surface area contributed by atoms with Crippen LogP contribution in [0.25, 0.3) is 0 Å². The van der Waals surface area contributed by atoms with Gasteiger partial charge in [0.25, 0.3) is 0 Å². The van der Waals surface area contributed by atoms with E-state index < -0.39 is 10.0 Å². The fourth-order valence-corrected chi connectivity index (χ4v) is 4.93. The van der Waals surface area contributed by atoms with Gasteiger partial charge in [0.1, 0.15) is 0 Å². The van der Waals surface area contributed by atoms with Crippen LogP contribution in [0.15, 0.2) is 29.2 Å². The maximum Gasteiger partial charge on any atom is 0.242 e. The average molecular weight is 410 g/mol. The Hall–Kier alpha value is -1.44. The molecule has 2 atom stereocenters. The van der Waals surface area contributed by atoms with E-state index >= 15 is 0 Å². The number of carbonyl (C=O) groups is 1. The first kappa shape index (κ1) is 22.8. The highest BCUT2D eigenvalue weighted by atomic mass is 32.2. The molecule has 158 valence electrons. The Morgan fingerprint density at radius 2 is 1.89 bits per heavy atom. The van der Waals surface area contributed by atoms with Crippen LogP contribution in [-0.2, 0) is 21.4 Å². The van der Waals surface area contributed by atoms with E-state index in [2.05, 4.69) is 31.0 Å². The summed E-state index contributed by atoms with van der Waals surface area (Å²) in [6.45, 7) is 8.21. The quantitative estimate of drug-likeness (QED) is 0.752. The Bertz CT molecular complexity index is 762. The zero-order valence-corrected chi connectivity index (χ0v) is 18.6. The van der Waals surface area contributed by atoms with Crippen molar-refractivity contribution in [1.29, 1.82) is 0 Å². The van der Waals surface area contributed by atoms with Crippen LogP contribution in [0.5, 0.6) is 0 Å². The molecule has 0 spiro atoms. The van der Waals surface area contributed by atoms with Crippen molar-refractivity contribution in [2.75, 3.05) is 27.2 Å². The topological polar surface area (TPSA) is 69.7 Å². The smallest absolute Gasteiger partial charge is 0.242 e. The van der Waals surface area contributed by atoms with Crippen molar-refractivity contribution in [3.05, 3.63) is 29.8 Å². The molecule has 6 nitrogen and oxygen atoms in total. The van der Waals surface area contributed by atoms with Crippen LogP contribution in [0.1, 0.15) is 45.6 Å². The molecule has 0 aromatic heterocycles. The third-order valence-electron chi connectivity index (χ3n) is 5.66. The summed E-state index contributed by atoms with van der Waals surface area (Å²) in [5.74, 6) is 1.14. The van der Waals surface area contributed by atoms with E-state index in [4.69, 9.17) is 0 Å². The van der Waals surface area contributed by atoms with Gasteiger partial charge in [0.15, 0.2) is 0 Å². The second-order valence-electron chi connectivity index (χ2n) is 8.42. The lowest BCUT2D eigenvalue weighted by Gasteiger charge is -2.32. The molecule has 7 heteroatoms. The molecule has 1 amide bonds. The monoisotopic (exact) mass is 409 g/mol. The molecule has 1 aliphatic heterocycles. The van der Waals surface area contributed by atoms with E-state index in [9.17, 15) is 13.2 Å². The second-order valence-corrected chi connectivity index (χ2v) is 10.5. The van der Waals surface area contributed by atoms with Crippen LogP contribution in [0.2, 0.25) is 0 Å². The van der Waals surface area contributed by atoms with Gasteiger partial charge in [0, 0.05) is 26.7 Å². The first-order valence-electron chi connectivity index (χ1n) is 10.1. The molecule has 1 N–H and O–H groups in total. The molecular weight excluding hydrogens is 374 g/mol. The minimum Gasteiger partial charge on any atom is -0.351 e. The number of amides is 1. The Balaban J connectivity index is 2.05. The maximum atomic E-state index is 12.6. The minimum atomic E-state index is -3.54. The van der Waals surface area contributed by atoms with Crippen molar-refractivity contribution in [1.82, 2.24) is 14.5 Å². The Labute approximate surface area is 170 Å². The largest absolute Gasteiger partial charge is 0.351 e. The summed E-state index contributed by atoms with van der Waals surface area (Å²) >= 11 is 0. The lowest BCUT2D eigenvalue weighted by Crippen LogP contribution is -2.44. The molecular formula is C21H35N3O3S. The van der Waals surface area contributed by atoms with Crippen LogP contribution < -0.4 is 5.32 Å². The zero-order chi connectivity index (χ0) is 20.9. The van der Waals surface area contributed by atoms with Crippen molar-refractivity contribution in [2.24, 2.45) is 11.8 Å². The normalized spacial score (nSPS) is 21.7. The zero-order valence-electron chi connectivity index (χ0n) is 17.8. The van der Waals surface area contributed by atoms with Gasteiger partial charge in [-0.2, -0.15) is 0 Å². The highest BCUT2D eigenvalue weighted by Gasteiger charge is 2.27. The van der Waals surface area contributed by atoms with E-state index in [1.165, 1.54) is 24.8 Å². The van der Waals surface area contributed by atoms with Crippen molar-refractivity contribution in [3.8, 4) is 0 Å². The number of rotatable bonds is 7. The summed E-state index contributed by atoms with van der Waals surface area (Å²) in [5.41, 5.74) is 0.606. The van der Waals surface area contributed by atoms with Gasteiger partial charge in [0.05, 0.1) is 11.4 Å². The second kappa shape index (κ2) is 9.85. The number of nitrogens with zero attached hydrogens (tertiary/aromatic N) is 2.